The van der Waals surface area contributed by atoms with Gasteiger partial charge in [0.1, 0.15) is 11.1 Å². The highest BCUT2D eigenvalue weighted by molar-refractivity contribution is 8.00. The highest BCUT2D eigenvalue weighted by atomic mass is 32.2. The second kappa shape index (κ2) is 6.70. The van der Waals surface area contributed by atoms with E-state index >= 15 is 0 Å². The van der Waals surface area contributed by atoms with Crippen LogP contribution in [0.5, 0.6) is 0 Å². The molecule has 1 fully saturated rings. The van der Waals surface area contributed by atoms with Gasteiger partial charge >= 0.3 is 5.97 Å². The molecule has 7 heteroatoms. The van der Waals surface area contributed by atoms with Gasteiger partial charge in [0.2, 0.25) is 0 Å². The maximum absolute atomic E-state index is 14.1. The van der Waals surface area contributed by atoms with E-state index in [0.717, 1.165) is 0 Å². The highest BCUT2D eigenvalue weighted by Gasteiger charge is 2.30. The molecular formula is C16H18FN3O2S. The van der Waals surface area contributed by atoms with Crippen LogP contribution in [0.15, 0.2) is 29.4 Å². The van der Waals surface area contributed by atoms with Crippen LogP contribution in [0.4, 0.5) is 4.39 Å². The number of carbonyl (C=O) groups is 1. The van der Waals surface area contributed by atoms with Crippen molar-refractivity contribution >= 4 is 17.7 Å². The SMILES string of the molecule is CC(C)Cn1c(S[C@@H]2CCOC2=O)nnc1-c1ccccc1F. The van der Waals surface area contributed by atoms with Crippen molar-refractivity contribution in [2.24, 2.45) is 5.92 Å². The van der Waals surface area contributed by atoms with E-state index < -0.39 is 0 Å². The number of halogens is 1. The van der Waals surface area contributed by atoms with Crippen LogP contribution in [-0.4, -0.2) is 32.6 Å². The lowest BCUT2D eigenvalue weighted by Gasteiger charge is -2.13. The molecule has 1 aliphatic rings. The van der Waals surface area contributed by atoms with Crippen molar-refractivity contribution < 1.29 is 13.9 Å². The van der Waals surface area contributed by atoms with Gasteiger partial charge in [0, 0.05) is 13.0 Å². The van der Waals surface area contributed by atoms with E-state index in [-0.39, 0.29) is 17.0 Å². The molecular weight excluding hydrogens is 317 g/mol. The number of carbonyl (C=O) groups excluding carboxylic acids is 1. The quantitative estimate of drug-likeness (QED) is 0.786. The highest BCUT2D eigenvalue weighted by Crippen LogP contribution is 2.32. The van der Waals surface area contributed by atoms with E-state index in [1.807, 2.05) is 4.57 Å². The molecule has 5 nitrogen and oxygen atoms in total. The van der Waals surface area contributed by atoms with Crippen molar-refractivity contribution in [2.75, 3.05) is 6.61 Å². The number of benzene rings is 1. The third-order valence-corrected chi connectivity index (χ3v) is 4.74. The van der Waals surface area contributed by atoms with Gasteiger partial charge in [0.15, 0.2) is 11.0 Å². The molecule has 1 aromatic heterocycles. The van der Waals surface area contributed by atoms with Crippen LogP contribution in [-0.2, 0) is 16.1 Å². The van der Waals surface area contributed by atoms with Crippen LogP contribution < -0.4 is 0 Å². The van der Waals surface area contributed by atoms with Crippen LogP contribution >= 0.6 is 11.8 Å². The topological polar surface area (TPSA) is 57.0 Å². The van der Waals surface area contributed by atoms with Gasteiger partial charge in [-0.25, -0.2) is 4.39 Å². The van der Waals surface area contributed by atoms with Gasteiger partial charge in [-0.3, -0.25) is 4.79 Å². The summed E-state index contributed by atoms with van der Waals surface area (Å²) < 4.78 is 21.0. The number of esters is 1. The molecule has 0 bridgehead atoms. The Labute approximate surface area is 138 Å². The molecule has 122 valence electrons. The lowest BCUT2D eigenvalue weighted by atomic mass is 10.2. The number of thioether (sulfide) groups is 1. The summed E-state index contributed by atoms with van der Waals surface area (Å²) in [6.45, 7) is 5.24. The minimum atomic E-state index is -0.332. The zero-order valence-corrected chi connectivity index (χ0v) is 13.8. The molecule has 1 aliphatic heterocycles. The summed E-state index contributed by atoms with van der Waals surface area (Å²) in [4.78, 5) is 11.7. The fourth-order valence-electron chi connectivity index (χ4n) is 2.46. The molecule has 1 atom stereocenters. The van der Waals surface area contributed by atoms with Gasteiger partial charge < -0.3 is 9.30 Å². The fourth-order valence-corrected chi connectivity index (χ4v) is 3.47. The number of rotatable bonds is 5. The van der Waals surface area contributed by atoms with Crippen molar-refractivity contribution in [3.05, 3.63) is 30.1 Å². The molecule has 23 heavy (non-hydrogen) atoms. The minimum Gasteiger partial charge on any atom is -0.465 e. The van der Waals surface area contributed by atoms with E-state index in [4.69, 9.17) is 4.74 Å². The molecule has 1 saturated heterocycles. The van der Waals surface area contributed by atoms with E-state index in [2.05, 4.69) is 24.0 Å². The van der Waals surface area contributed by atoms with E-state index in [1.165, 1.54) is 17.8 Å². The lowest BCUT2D eigenvalue weighted by Crippen LogP contribution is -2.13. The molecule has 0 amide bonds. The first-order valence-corrected chi connectivity index (χ1v) is 8.45. The molecule has 0 spiro atoms. The molecule has 0 N–H and O–H groups in total. The van der Waals surface area contributed by atoms with E-state index in [1.54, 1.807) is 18.2 Å². The van der Waals surface area contributed by atoms with E-state index in [9.17, 15) is 9.18 Å². The summed E-state index contributed by atoms with van der Waals surface area (Å²) in [5.74, 6) is 0.278. The zero-order valence-electron chi connectivity index (χ0n) is 13.0. The Morgan fingerprint density at radius 2 is 2.17 bits per heavy atom. The van der Waals surface area contributed by atoms with Crippen molar-refractivity contribution in [1.29, 1.82) is 0 Å². The lowest BCUT2D eigenvalue weighted by molar-refractivity contribution is -0.137. The smallest absolute Gasteiger partial charge is 0.319 e. The molecule has 0 radical (unpaired) electrons. The molecule has 0 aliphatic carbocycles. The van der Waals surface area contributed by atoms with Crippen molar-refractivity contribution in [3.63, 3.8) is 0 Å². The third kappa shape index (κ3) is 3.39. The fraction of sp³-hybridized carbons (Fsp3) is 0.438. The molecule has 3 rings (SSSR count). The largest absolute Gasteiger partial charge is 0.465 e. The molecule has 0 saturated carbocycles. The number of ether oxygens (including phenoxy) is 1. The summed E-state index contributed by atoms with van der Waals surface area (Å²) in [5.41, 5.74) is 0.418. The summed E-state index contributed by atoms with van der Waals surface area (Å²) >= 11 is 1.34. The number of aromatic nitrogens is 3. The molecule has 2 heterocycles. The van der Waals surface area contributed by atoms with Crippen LogP contribution in [0.3, 0.4) is 0 Å². The summed E-state index contributed by atoms with van der Waals surface area (Å²) in [6, 6.07) is 6.51. The van der Waals surface area contributed by atoms with Gasteiger partial charge in [0.25, 0.3) is 0 Å². The minimum absolute atomic E-state index is 0.221. The van der Waals surface area contributed by atoms with Gasteiger partial charge in [0.05, 0.1) is 12.2 Å². The van der Waals surface area contributed by atoms with Gasteiger partial charge in [-0.05, 0) is 18.1 Å². The van der Waals surface area contributed by atoms with Crippen LogP contribution in [0.1, 0.15) is 20.3 Å². The maximum atomic E-state index is 14.1. The summed E-state index contributed by atoms with van der Waals surface area (Å²) in [7, 11) is 0. The third-order valence-electron chi connectivity index (χ3n) is 3.51. The second-order valence-corrected chi connectivity index (χ2v) is 7.02. The number of hydrogen-bond acceptors (Lipinski definition) is 5. The number of cyclic esters (lactones) is 1. The van der Waals surface area contributed by atoms with Crippen molar-refractivity contribution in [2.45, 2.75) is 37.2 Å². The normalized spacial score (nSPS) is 17.7. The Morgan fingerprint density at radius 1 is 1.39 bits per heavy atom. The predicted molar refractivity (Wildman–Crippen MR) is 85.5 cm³/mol. The number of nitrogens with zero attached hydrogens (tertiary/aromatic N) is 3. The van der Waals surface area contributed by atoms with Gasteiger partial charge in [-0.1, -0.05) is 37.7 Å². The monoisotopic (exact) mass is 335 g/mol. The van der Waals surface area contributed by atoms with Crippen molar-refractivity contribution in [3.8, 4) is 11.4 Å². The first kappa shape index (κ1) is 16.0. The zero-order chi connectivity index (χ0) is 16.4. The average molecular weight is 335 g/mol. The molecule has 2 aromatic rings. The first-order valence-electron chi connectivity index (χ1n) is 7.57. The maximum Gasteiger partial charge on any atom is 0.319 e. The molecule has 0 unspecified atom stereocenters. The van der Waals surface area contributed by atoms with Crippen molar-refractivity contribution in [1.82, 2.24) is 14.8 Å². The van der Waals surface area contributed by atoms with Crippen LogP contribution in [0.2, 0.25) is 0 Å². The predicted octanol–water partition coefficient (Wildman–Crippen LogP) is 3.15. The second-order valence-electron chi connectivity index (χ2n) is 5.85. The number of hydrogen-bond donors (Lipinski definition) is 0. The summed E-state index contributed by atoms with van der Waals surface area (Å²) in [6.07, 6.45) is 0.660. The van der Waals surface area contributed by atoms with Gasteiger partial charge in [-0.15, -0.1) is 10.2 Å². The van der Waals surface area contributed by atoms with Gasteiger partial charge in [-0.2, -0.15) is 0 Å². The van der Waals surface area contributed by atoms with Crippen LogP contribution in [0, 0.1) is 11.7 Å². The van der Waals surface area contributed by atoms with Crippen LogP contribution in [0.25, 0.3) is 11.4 Å². The Hall–Kier alpha value is -1.89. The Balaban J connectivity index is 1.97. The van der Waals surface area contributed by atoms with E-state index in [0.29, 0.717) is 42.0 Å². The summed E-state index contributed by atoms with van der Waals surface area (Å²) in [5, 5.41) is 8.71. The Bertz CT molecular complexity index is 717. The standard InChI is InChI=1S/C16H18FN3O2S/c1-10(2)9-20-14(11-5-3-4-6-12(11)17)18-19-16(20)23-13-7-8-22-15(13)21/h3-6,10,13H,7-9H2,1-2H3/t13-/m1/s1. The Kier molecular flexibility index (Phi) is 4.66. The average Bonchev–Trinajstić information content (AvgIpc) is 3.08. The first-order chi connectivity index (χ1) is 11.1. The Morgan fingerprint density at radius 3 is 2.83 bits per heavy atom. The molecule has 1 aromatic carbocycles.